The molecule has 0 atom stereocenters. The predicted molar refractivity (Wildman–Crippen MR) is 62.9 cm³/mol. The maximum atomic E-state index is 13.3. The molecule has 0 spiro atoms. The van der Waals surface area contributed by atoms with E-state index in [0.717, 1.165) is 32.2 Å². The summed E-state index contributed by atoms with van der Waals surface area (Å²) in [6.45, 7) is 0.799. The lowest BCUT2D eigenvalue weighted by atomic mass is 9.87. The molecule has 1 aromatic rings. The van der Waals surface area contributed by atoms with Crippen molar-refractivity contribution in [3.8, 4) is 0 Å². The molecule has 0 aliphatic heterocycles. The summed E-state index contributed by atoms with van der Waals surface area (Å²) in [5, 5.41) is 12.5. The number of aliphatic hydroxyl groups is 1. The highest BCUT2D eigenvalue weighted by Gasteiger charge is 2.19. The standard InChI is InChI=1S/C13H18FNO/c14-12-3-1-2-4-13(12)15-9-10-5-7-11(16)8-6-10/h1-4,10-11,15-16H,5-9H2. The van der Waals surface area contributed by atoms with Gasteiger partial charge in [0.2, 0.25) is 0 Å². The van der Waals surface area contributed by atoms with E-state index in [0.29, 0.717) is 11.6 Å². The summed E-state index contributed by atoms with van der Waals surface area (Å²) in [5.41, 5.74) is 0.577. The van der Waals surface area contributed by atoms with Crippen LogP contribution in [0.15, 0.2) is 24.3 Å². The monoisotopic (exact) mass is 223 g/mol. The Morgan fingerprint density at radius 2 is 1.88 bits per heavy atom. The molecule has 2 rings (SSSR count). The van der Waals surface area contributed by atoms with Crippen LogP contribution in [0.3, 0.4) is 0 Å². The van der Waals surface area contributed by atoms with Crippen LogP contribution in [0.25, 0.3) is 0 Å². The van der Waals surface area contributed by atoms with Gasteiger partial charge in [-0.3, -0.25) is 0 Å². The van der Waals surface area contributed by atoms with Crippen LogP contribution >= 0.6 is 0 Å². The summed E-state index contributed by atoms with van der Waals surface area (Å²) in [6.07, 6.45) is 3.70. The third-order valence-corrected chi connectivity index (χ3v) is 3.27. The SMILES string of the molecule is OC1CCC(CNc2ccccc2F)CC1. The number of benzene rings is 1. The van der Waals surface area contributed by atoms with E-state index in [1.54, 1.807) is 12.1 Å². The Kier molecular flexibility index (Phi) is 3.78. The third kappa shape index (κ3) is 2.95. The lowest BCUT2D eigenvalue weighted by Crippen LogP contribution is -2.23. The fraction of sp³-hybridized carbons (Fsp3) is 0.538. The molecule has 0 saturated heterocycles. The van der Waals surface area contributed by atoms with E-state index in [-0.39, 0.29) is 11.9 Å². The summed E-state index contributed by atoms with van der Waals surface area (Å²) >= 11 is 0. The molecule has 0 aromatic heterocycles. The van der Waals surface area contributed by atoms with Crippen molar-refractivity contribution in [3.63, 3.8) is 0 Å². The summed E-state index contributed by atoms with van der Waals surface area (Å²) in [6, 6.07) is 6.74. The highest BCUT2D eigenvalue weighted by molar-refractivity contribution is 5.44. The molecule has 1 aliphatic rings. The zero-order valence-corrected chi connectivity index (χ0v) is 9.32. The van der Waals surface area contributed by atoms with E-state index in [1.165, 1.54) is 6.07 Å². The number of nitrogens with one attached hydrogen (secondary N) is 1. The number of hydrogen-bond donors (Lipinski definition) is 2. The lowest BCUT2D eigenvalue weighted by molar-refractivity contribution is 0.111. The Labute approximate surface area is 95.5 Å². The van der Waals surface area contributed by atoms with E-state index < -0.39 is 0 Å². The van der Waals surface area contributed by atoms with Gasteiger partial charge in [-0.05, 0) is 43.7 Å². The number of aliphatic hydroxyl groups excluding tert-OH is 1. The van der Waals surface area contributed by atoms with Crippen LogP contribution in [0.2, 0.25) is 0 Å². The van der Waals surface area contributed by atoms with Gasteiger partial charge in [0.1, 0.15) is 5.82 Å². The first kappa shape index (κ1) is 11.4. The largest absolute Gasteiger partial charge is 0.393 e. The average Bonchev–Trinajstić information content (AvgIpc) is 2.30. The van der Waals surface area contributed by atoms with Crippen molar-refractivity contribution < 1.29 is 9.50 Å². The Balaban J connectivity index is 1.81. The summed E-state index contributed by atoms with van der Waals surface area (Å²) in [5.74, 6) is 0.362. The number of anilines is 1. The Bertz CT molecular complexity index is 334. The molecular weight excluding hydrogens is 205 g/mol. The van der Waals surface area contributed by atoms with Gasteiger partial charge in [-0.1, -0.05) is 12.1 Å². The van der Waals surface area contributed by atoms with Gasteiger partial charge in [0.15, 0.2) is 0 Å². The molecule has 1 saturated carbocycles. The van der Waals surface area contributed by atoms with Crippen molar-refractivity contribution in [1.82, 2.24) is 0 Å². The molecule has 16 heavy (non-hydrogen) atoms. The minimum absolute atomic E-state index is 0.121. The number of hydrogen-bond acceptors (Lipinski definition) is 2. The van der Waals surface area contributed by atoms with Gasteiger partial charge in [0.05, 0.1) is 11.8 Å². The smallest absolute Gasteiger partial charge is 0.146 e. The van der Waals surface area contributed by atoms with Crippen molar-refractivity contribution in [3.05, 3.63) is 30.1 Å². The van der Waals surface area contributed by atoms with Crippen LogP contribution in [0.5, 0.6) is 0 Å². The van der Waals surface area contributed by atoms with E-state index in [1.807, 2.05) is 6.07 Å². The van der Waals surface area contributed by atoms with E-state index in [4.69, 9.17) is 0 Å². The third-order valence-electron chi connectivity index (χ3n) is 3.27. The molecule has 2 N–H and O–H groups in total. The van der Waals surface area contributed by atoms with Crippen LogP contribution in [0, 0.1) is 11.7 Å². The first-order valence-corrected chi connectivity index (χ1v) is 5.92. The molecule has 0 amide bonds. The second-order valence-electron chi connectivity index (χ2n) is 4.54. The molecule has 1 aliphatic carbocycles. The van der Waals surface area contributed by atoms with Gasteiger partial charge in [0.25, 0.3) is 0 Å². The number of para-hydroxylation sites is 1. The van der Waals surface area contributed by atoms with Crippen LogP contribution in [-0.2, 0) is 0 Å². The highest BCUT2D eigenvalue weighted by atomic mass is 19.1. The topological polar surface area (TPSA) is 32.3 Å². The predicted octanol–water partition coefficient (Wildman–Crippen LogP) is 2.79. The molecule has 1 fully saturated rings. The molecule has 88 valence electrons. The zero-order chi connectivity index (χ0) is 11.4. The Hall–Kier alpha value is -1.09. The number of rotatable bonds is 3. The minimum atomic E-state index is -0.196. The lowest BCUT2D eigenvalue weighted by Gasteiger charge is -2.25. The number of halogens is 1. The maximum Gasteiger partial charge on any atom is 0.146 e. The van der Waals surface area contributed by atoms with Gasteiger partial charge in [-0.25, -0.2) is 4.39 Å². The normalized spacial score (nSPS) is 25.4. The van der Waals surface area contributed by atoms with Crippen LogP contribution in [0.4, 0.5) is 10.1 Å². The van der Waals surface area contributed by atoms with E-state index >= 15 is 0 Å². The molecule has 1 aromatic carbocycles. The van der Waals surface area contributed by atoms with Crippen LogP contribution < -0.4 is 5.32 Å². The van der Waals surface area contributed by atoms with Crippen molar-refractivity contribution in [2.75, 3.05) is 11.9 Å². The van der Waals surface area contributed by atoms with Crippen molar-refractivity contribution in [2.45, 2.75) is 31.8 Å². The Morgan fingerprint density at radius 1 is 1.19 bits per heavy atom. The van der Waals surface area contributed by atoms with Gasteiger partial charge in [-0.15, -0.1) is 0 Å². The van der Waals surface area contributed by atoms with Crippen LogP contribution in [-0.4, -0.2) is 17.8 Å². The minimum Gasteiger partial charge on any atom is -0.393 e. The Morgan fingerprint density at radius 3 is 2.56 bits per heavy atom. The fourth-order valence-electron chi connectivity index (χ4n) is 2.21. The molecule has 0 heterocycles. The highest BCUT2D eigenvalue weighted by Crippen LogP contribution is 2.24. The fourth-order valence-corrected chi connectivity index (χ4v) is 2.21. The molecule has 2 nitrogen and oxygen atoms in total. The second-order valence-corrected chi connectivity index (χ2v) is 4.54. The molecular formula is C13H18FNO. The molecule has 3 heteroatoms. The van der Waals surface area contributed by atoms with Crippen molar-refractivity contribution in [1.29, 1.82) is 0 Å². The molecule has 0 radical (unpaired) electrons. The average molecular weight is 223 g/mol. The second kappa shape index (κ2) is 5.30. The van der Waals surface area contributed by atoms with Gasteiger partial charge in [0, 0.05) is 6.54 Å². The van der Waals surface area contributed by atoms with E-state index in [9.17, 15) is 9.50 Å². The first-order chi connectivity index (χ1) is 7.75. The summed E-state index contributed by atoms with van der Waals surface area (Å²) in [4.78, 5) is 0. The summed E-state index contributed by atoms with van der Waals surface area (Å²) < 4.78 is 13.3. The quantitative estimate of drug-likeness (QED) is 0.825. The summed E-state index contributed by atoms with van der Waals surface area (Å²) in [7, 11) is 0. The molecule has 0 unspecified atom stereocenters. The van der Waals surface area contributed by atoms with Gasteiger partial charge in [-0.2, -0.15) is 0 Å². The van der Waals surface area contributed by atoms with Gasteiger partial charge < -0.3 is 10.4 Å². The zero-order valence-electron chi connectivity index (χ0n) is 9.32. The van der Waals surface area contributed by atoms with E-state index in [2.05, 4.69) is 5.32 Å². The van der Waals surface area contributed by atoms with Crippen LogP contribution in [0.1, 0.15) is 25.7 Å². The molecule has 0 bridgehead atoms. The maximum absolute atomic E-state index is 13.3. The van der Waals surface area contributed by atoms with Gasteiger partial charge >= 0.3 is 0 Å². The van der Waals surface area contributed by atoms with Crippen molar-refractivity contribution in [2.24, 2.45) is 5.92 Å². The van der Waals surface area contributed by atoms with Crippen molar-refractivity contribution >= 4 is 5.69 Å². The first-order valence-electron chi connectivity index (χ1n) is 5.92.